The molecule has 2 N–H and O–H groups in total. The molecule has 2 rings (SSSR count). The summed E-state index contributed by atoms with van der Waals surface area (Å²) in [6.45, 7) is 1.72. The van der Waals surface area contributed by atoms with E-state index >= 15 is 0 Å². The summed E-state index contributed by atoms with van der Waals surface area (Å²) in [5, 5.41) is 11.3. The monoisotopic (exact) mass is 329 g/mol. The van der Waals surface area contributed by atoms with Crippen LogP contribution >= 0.6 is 15.9 Å². The molecule has 1 heterocycles. The molecule has 0 radical (unpaired) electrons. The molecule has 0 aromatic heterocycles. The van der Waals surface area contributed by atoms with Crippen LogP contribution in [0.1, 0.15) is 17.3 Å². The Labute approximate surface area is 117 Å². The Bertz CT molecular complexity index is 531. The Morgan fingerprint density at radius 1 is 1.47 bits per heavy atom. The zero-order valence-electron chi connectivity index (χ0n) is 10.1. The molecule has 1 aromatic rings. The van der Waals surface area contributed by atoms with Gasteiger partial charge in [-0.1, -0.05) is 6.92 Å². The van der Waals surface area contributed by atoms with E-state index in [0.29, 0.717) is 21.5 Å². The molecule has 6 nitrogen and oxygen atoms in total. The third-order valence-corrected chi connectivity index (χ3v) is 3.27. The number of carbonyl (C=O) groups is 2. The van der Waals surface area contributed by atoms with Crippen LogP contribution in [0, 0.1) is 5.92 Å². The smallest absolute Gasteiger partial charge is 0.308 e. The maximum Gasteiger partial charge on any atom is 0.308 e. The van der Waals surface area contributed by atoms with Gasteiger partial charge in [0.05, 0.1) is 10.4 Å². The lowest BCUT2D eigenvalue weighted by molar-refractivity contribution is -0.140. The van der Waals surface area contributed by atoms with Gasteiger partial charge in [0.2, 0.25) is 6.79 Å². The van der Waals surface area contributed by atoms with Gasteiger partial charge in [-0.2, -0.15) is 0 Å². The predicted molar refractivity (Wildman–Crippen MR) is 69.4 cm³/mol. The fourth-order valence-corrected chi connectivity index (χ4v) is 2.09. The second-order valence-corrected chi connectivity index (χ2v) is 5.00. The van der Waals surface area contributed by atoms with Crippen LogP contribution in [0.3, 0.4) is 0 Å². The van der Waals surface area contributed by atoms with Gasteiger partial charge >= 0.3 is 5.97 Å². The standard InChI is InChI=1S/C12H12BrNO5/c1-6(12(16)17)4-14-11(15)7-2-8(13)10-9(3-7)18-5-19-10/h2-3,6H,4-5H2,1H3,(H,14,15)(H,16,17). The van der Waals surface area contributed by atoms with E-state index in [4.69, 9.17) is 14.6 Å². The van der Waals surface area contributed by atoms with Crippen molar-refractivity contribution in [1.82, 2.24) is 5.32 Å². The number of nitrogens with one attached hydrogen (secondary N) is 1. The van der Waals surface area contributed by atoms with Gasteiger partial charge in [-0.15, -0.1) is 0 Å². The number of aliphatic carboxylic acids is 1. The third-order valence-electron chi connectivity index (χ3n) is 2.68. The summed E-state index contributed by atoms with van der Waals surface area (Å²) < 4.78 is 11.0. The van der Waals surface area contributed by atoms with E-state index in [-0.39, 0.29) is 19.2 Å². The van der Waals surface area contributed by atoms with Crippen LogP contribution in [0.15, 0.2) is 16.6 Å². The molecule has 1 aliphatic heterocycles. The Balaban J connectivity index is 2.08. The molecule has 0 bridgehead atoms. The summed E-state index contributed by atoms with van der Waals surface area (Å²) in [5.41, 5.74) is 0.383. The van der Waals surface area contributed by atoms with Crippen LogP contribution in [-0.2, 0) is 4.79 Å². The number of fused-ring (bicyclic) bond motifs is 1. The first-order chi connectivity index (χ1) is 8.99. The van der Waals surface area contributed by atoms with E-state index in [1.807, 2.05) is 0 Å². The van der Waals surface area contributed by atoms with E-state index in [1.54, 1.807) is 12.1 Å². The molecule has 1 unspecified atom stereocenters. The zero-order valence-corrected chi connectivity index (χ0v) is 11.7. The number of carboxylic acid groups (broad SMARTS) is 1. The van der Waals surface area contributed by atoms with Gasteiger partial charge in [0, 0.05) is 12.1 Å². The summed E-state index contributed by atoms with van der Waals surface area (Å²) in [4.78, 5) is 22.6. The van der Waals surface area contributed by atoms with Crippen molar-refractivity contribution in [3.05, 3.63) is 22.2 Å². The maximum absolute atomic E-state index is 11.9. The van der Waals surface area contributed by atoms with E-state index in [9.17, 15) is 9.59 Å². The lowest BCUT2D eigenvalue weighted by atomic mass is 10.1. The highest BCUT2D eigenvalue weighted by Gasteiger charge is 2.21. The number of hydrogen-bond acceptors (Lipinski definition) is 4. The van der Waals surface area contributed by atoms with Gasteiger partial charge in [0.25, 0.3) is 5.91 Å². The number of hydrogen-bond donors (Lipinski definition) is 2. The van der Waals surface area contributed by atoms with Crippen molar-refractivity contribution < 1.29 is 24.2 Å². The number of carboxylic acids is 1. The first-order valence-corrected chi connectivity index (χ1v) is 6.38. The van der Waals surface area contributed by atoms with E-state index in [2.05, 4.69) is 21.2 Å². The molecule has 0 saturated carbocycles. The SMILES string of the molecule is CC(CNC(=O)c1cc(Br)c2c(c1)OCO2)C(=O)O. The Morgan fingerprint density at radius 2 is 2.21 bits per heavy atom. The van der Waals surface area contributed by atoms with Gasteiger partial charge in [-0.25, -0.2) is 0 Å². The van der Waals surface area contributed by atoms with Crippen LogP contribution in [0.2, 0.25) is 0 Å². The zero-order chi connectivity index (χ0) is 14.0. The van der Waals surface area contributed by atoms with E-state index in [1.165, 1.54) is 6.92 Å². The van der Waals surface area contributed by atoms with Crippen molar-refractivity contribution in [3.8, 4) is 11.5 Å². The maximum atomic E-state index is 11.9. The molecular weight excluding hydrogens is 318 g/mol. The predicted octanol–water partition coefficient (Wildman–Crippen LogP) is 1.63. The summed E-state index contributed by atoms with van der Waals surface area (Å²) in [6, 6.07) is 3.17. The first kappa shape index (κ1) is 13.7. The normalized spacial score (nSPS) is 14.0. The van der Waals surface area contributed by atoms with Gasteiger partial charge in [-0.05, 0) is 28.1 Å². The summed E-state index contributed by atoms with van der Waals surface area (Å²) in [6.07, 6.45) is 0. The van der Waals surface area contributed by atoms with Crippen molar-refractivity contribution in [3.63, 3.8) is 0 Å². The van der Waals surface area contributed by atoms with E-state index < -0.39 is 11.9 Å². The molecule has 0 aliphatic carbocycles. The Hall–Kier alpha value is -1.76. The highest BCUT2D eigenvalue weighted by atomic mass is 79.9. The van der Waals surface area contributed by atoms with Crippen LogP contribution in [-0.4, -0.2) is 30.3 Å². The average molecular weight is 330 g/mol. The van der Waals surface area contributed by atoms with Gasteiger partial charge in [-0.3, -0.25) is 9.59 Å². The molecule has 102 valence electrons. The first-order valence-electron chi connectivity index (χ1n) is 5.59. The van der Waals surface area contributed by atoms with Gasteiger partial charge in [0.1, 0.15) is 0 Å². The minimum Gasteiger partial charge on any atom is -0.481 e. The van der Waals surface area contributed by atoms with Crippen LogP contribution in [0.4, 0.5) is 0 Å². The van der Waals surface area contributed by atoms with Crippen LogP contribution in [0.25, 0.3) is 0 Å². The third kappa shape index (κ3) is 2.98. The molecule has 1 atom stereocenters. The summed E-state index contributed by atoms with van der Waals surface area (Å²) in [7, 11) is 0. The van der Waals surface area contributed by atoms with Crippen LogP contribution in [0.5, 0.6) is 11.5 Å². The molecule has 0 saturated heterocycles. The second-order valence-electron chi connectivity index (χ2n) is 4.14. The molecule has 1 aliphatic rings. The van der Waals surface area contributed by atoms with Crippen molar-refractivity contribution >= 4 is 27.8 Å². The Morgan fingerprint density at radius 3 is 2.89 bits per heavy atom. The lowest BCUT2D eigenvalue weighted by Crippen LogP contribution is -2.31. The number of amides is 1. The van der Waals surface area contributed by atoms with Crippen LogP contribution < -0.4 is 14.8 Å². The average Bonchev–Trinajstić information content (AvgIpc) is 2.83. The molecule has 19 heavy (non-hydrogen) atoms. The minimum atomic E-state index is -0.952. The number of halogens is 1. The Kier molecular flexibility index (Phi) is 3.94. The fraction of sp³-hybridized carbons (Fsp3) is 0.333. The summed E-state index contributed by atoms with van der Waals surface area (Å²) >= 11 is 3.29. The molecular formula is C12H12BrNO5. The highest BCUT2D eigenvalue weighted by Crippen LogP contribution is 2.39. The number of rotatable bonds is 4. The molecule has 7 heteroatoms. The number of ether oxygens (including phenoxy) is 2. The molecule has 0 fully saturated rings. The fourth-order valence-electron chi connectivity index (χ4n) is 1.53. The topological polar surface area (TPSA) is 84.9 Å². The lowest BCUT2D eigenvalue weighted by Gasteiger charge is -2.09. The van der Waals surface area contributed by atoms with Crippen molar-refractivity contribution in [1.29, 1.82) is 0 Å². The molecule has 1 aromatic carbocycles. The minimum absolute atomic E-state index is 0.0697. The molecule has 0 spiro atoms. The second kappa shape index (κ2) is 5.48. The number of benzene rings is 1. The van der Waals surface area contributed by atoms with Gasteiger partial charge < -0.3 is 19.9 Å². The molecule has 1 amide bonds. The number of carbonyl (C=O) groups excluding carboxylic acids is 1. The van der Waals surface area contributed by atoms with Crippen molar-refractivity contribution in [2.75, 3.05) is 13.3 Å². The summed E-state index contributed by atoms with van der Waals surface area (Å²) in [5.74, 6) is -0.887. The largest absolute Gasteiger partial charge is 0.481 e. The van der Waals surface area contributed by atoms with Crippen molar-refractivity contribution in [2.45, 2.75) is 6.92 Å². The highest BCUT2D eigenvalue weighted by molar-refractivity contribution is 9.10. The van der Waals surface area contributed by atoms with Crippen molar-refractivity contribution in [2.24, 2.45) is 5.92 Å². The quantitative estimate of drug-likeness (QED) is 0.876. The van der Waals surface area contributed by atoms with E-state index in [0.717, 1.165) is 0 Å². The van der Waals surface area contributed by atoms with Gasteiger partial charge in [0.15, 0.2) is 11.5 Å².